The first kappa shape index (κ1) is 14.6. The van der Waals surface area contributed by atoms with E-state index in [-0.39, 0.29) is 5.97 Å². The lowest BCUT2D eigenvalue weighted by molar-refractivity contribution is 0.0489. The maximum absolute atomic E-state index is 12.1. The normalized spacial score (nSPS) is 11.2. The van der Waals surface area contributed by atoms with Crippen LogP contribution in [-0.2, 0) is 11.3 Å². The quantitative estimate of drug-likeness (QED) is 0.757. The third kappa shape index (κ3) is 2.85. The molecule has 0 aliphatic rings. The predicted molar refractivity (Wildman–Crippen MR) is 78.8 cm³/mol. The number of hydrogen-bond donors (Lipinski definition) is 0. The second kappa shape index (κ2) is 6.57. The van der Waals surface area contributed by atoms with Crippen molar-refractivity contribution < 1.29 is 13.9 Å². The first-order chi connectivity index (χ1) is 9.71. The zero-order chi connectivity index (χ0) is 14.5. The van der Waals surface area contributed by atoms with Crippen LogP contribution in [0.15, 0.2) is 28.7 Å². The van der Waals surface area contributed by atoms with Crippen LogP contribution < -0.4 is 0 Å². The van der Waals surface area contributed by atoms with Crippen LogP contribution >= 0.6 is 0 Å². The highest BCUT2D eigenvalue weighted by atomic mass is 16.5. The van der Waals surface area contributed by atoms with Gasteiger partial charge in [-0.2, -0.15) is 0 Å². The lowest BCUT2D eigenvalue weighted by Gasteiger charge is -2.17. The Hall–Kier alpha value is -1.81. The number of hydrogen-bond acceptors (Lipinski definition) is 4. The minimum atomic E-state index is -0.383. The number of furan rings is 1. The molecule has 0 saturated carbocycles. The van der Waals surface area contributed by atoms with Gasteiger partial charge in [-0.3, -0.25) is 4.90 Å². The molecule has 0 bridgehead atoms. The monoisotopic (exact) mass is 275 g/mol. The molecule has 0 spiro atoms. The van der Waals surface area contributed by atoms with Crippen molar-refractivity contribution in [2.45, 2.75) is 27.3 Å². The topological polar surface area (TPSA) is 42.7 Å². The number of benzene rings is 1. The van der Waals surface area contributed by atoms with E-state index in [1.165, 1.54) is 0 Å². The smallest absolute Gasteiger partial charge is 0.374 e. The van der Waals surface area contributed by atoms with E-state index in [9.17, 15) is 4.79 Å². The molecule has 0 unspecified atom stereocenters. The number of ether oxygens (including phenoxy) is 1. The van der Waals surface area contributed by atoms with Crippen molar-refractivity contribution >= 4 is 16.9 Å². The Morgan fingerprint density at radius 3 is 2.55 bits per heavy atom. The van der Waals surface area contributed by atoms with Gasteiger partial charge in [-0.25, -0.2) is 4.79 Å². The molecule has 4 heteroatoms. The van der Waals surface area contributed by atoms with Gasteiger partial charge >= 0.3 is 5.97 Å². The molecule has 108 valence electrons. The zero-order valence-corrected chi connectivity index (χ0v) is 12.3. The Balaban J connectivity index is 2.46. The summed E-state index contributed by atoms with van der Waals surface area (Å²) >= 11 is 0. The van der Waals surface area contributed by atoms with Gasteiger partial charge < -0.3 is 9.15 Å². The van der Waals surface area contributed by atoms with Crippen molar-refractivity contribution in [1.29, 1.82) is 0 Å². The molecular weight excluding hydrogens is 254 g/mol. The van der Waals surface area contributed by atoms with Crippen molar-refractivity contribution in [3.8, 4) is 0 Å². The van der Waals surface area contributed by atoms with Gasteiger partial charge in [0.05, 0.1) is 6.61 Å². The first-order valence-electron chi connectivity index (χ1n) is 7.11. The second-order valence-electron chi connectivity index (χ2n) is 4.59. The fourth-order valence-corrected chi connectivity index (χ4v) is 2.29. The summed E-state index contributed by atoms with van der Waals surface area (Å²) in [6.45, 7) is 8.91. The molecule has 0 radical (unpaired) electrons. The van der Waals surface area contributed by atoms with E-state index in [1.807, 2.05) is 24.3 Å². The molecule has 0 saturated heterocycles. The molecule has 2 aromatic rings. The van der Waals surface area contributed by atoms with Crippen molar-refractivity contribution in [3.63, 3.8) is 0 Å². The molecule has 0 atom stereocenters. The molecule has 4 nitrogen and oxygen atoms in total. The fraction of sp³-hybridized carbons (Fsp3) is 0.438. The third-order valence-electron chi connectivity index (χ3n) is 3.44. The van der Waals surface area contributed by atoms with E-state index in [1.54, 1.807) is 6.92 Å². The van der Waals surface area contributed by atoms with E-state index in [4.69, 9.17) is 9.15 Å². The molecule has 1 heterocycles. The number of carbonyl (C=O) groups excluding carboxylic acids is 1. The molecule has 0 aliphatic heterocycles. The largest absolute Gasteiger partial charge is 0.460 e. The van der Waals surface area contributed by atoms with Gasteiger partial charge in [0.15, 0.2) is 0 Å². The molecule has 0 fully saturated rings. The zero-order valence-electron chi connectivity index (χ0n) is 12.3. The number of nitrogens with zero attached hydrogens (tertiary/aromatic N) is 1. The van der Waals surface area contributed by atoms with E-state index in [0.29, 0.717) is 18.9 Å². The lowest BCUT2D eigenvalue weighted by Crippen LogP contribution is -2.23. The molecular formula is C16H21NO3. The Morgan fingerprint density at radius 1 is 1.20 bits per heavy atom. The van der Waals surface area contributed by atoms with Gasteiger partial charge in [0.1, 0.15) is 5.58 Å². The summed E-state index contributed by atoms with van der Waals surface area (Å²) in [6.07, 6.45) is 0. The molecule has 0 N–H and O–H groups in total. The molecule has 20 heavy (non-hydrogen) atoms. The number of rotatable bonds is 6. The summed E-state index contributed by atoms with van der Waals surface area (Å²) in [4.78, 5) is 14.3. The van der Waals surface area contributed by atoms with E-state index in [0.717, 1.165) is 29.6 Å². The Bertz CT molecular complexity index is 584. The third-order valence-corrected chi connectivity index (χ3v) is 3.44. The van der Waals surface area contributed by atoms with Crippen molar-refractivity contribution in [2.24, 2.45) is 0 Å². The molecule has 0 aliphatic carbocycles. The van der Waals surface area contributed by atoms with E-state index < -0.39 is 0 Å². The maximum Gasteiger partial charge on any atom is 0.374 e. The lowest BCUT2D eigenvalue weighted by atomic mass is 10.1. The Labute approximate surface area is 119 Å². The van der Waals surface area contributed by atoms with Crippen LogP contribution in [0.1, 0.15) is 36.9 Å². The van der Waals surface area contributed by atoms with Gasteiger partial charge in [-0.1, -0.05) is 32.0 Å². The molecule has 2 rings (SSSR count). The number of para-hydroxylation sites is 1. The number of fused-ring (bicyclic) bond motifs is 1. The minimum absolute atomic E-state index is 0.333. The van der Waals surface area contributed by atoms with Gasteiger partial charge in [-0.15, -0.1) is 0 Å². The average Bonchev–Trinajstić information content (AvgIpc) is 2.83. The summed E-state index contributed by atoms with van der Waals surface area (Å²) in [6, 6.07) is 7.73. The second-order valence-corrected chi connectivity index (χ2v) is 4.59. The van der Waals surface area contributed by atoms with Crippen LogP contribution in [0.25, 0.3) is 11.0 Å². The van der Waals surface area contributed by atoms with E-state index >= 15 is 0 Å². The van der Waals surface area contributed by atoms with Crippen LogP contribution in [0.5, 0.6) is 0 Å². The highest BCUT2D eigenvalue weighted by molar-refractivity contribution is 5.96. The maximum atomic E-state index is 12.1. The SMILES string of the molecule is CCOC(=O)c1oc2ccccc2c1CN(CC)CC. The summed E-state index contributed by atoms with van der Waals surface area (Å²) in [7, 11) is 0. The molecule has 0 amide bonds. The summed E-state index contributed by atoms with van der Waals surface area (Å²) in [5.74, 6) is -0.0502. The highest BCUT2D eigenvalue weighted by Gasteiger charge is 2.22. The highest BCUT2D eigenvalue weighted by Crippen LogP contribution is 2.27. The number of esters is 1. The predicted octanol–water partition coefficient (Wildman–Crippen LogP) is 3.45. The minimum Gasteiger partial charge on any atom is -0.460 e. The molecule has 1 aromatic carbocycles. The summed E-state index contributed by atoms with van der Waals surface area (Å²) in [5.41, 5.74) is 1.65. The van der Waals surface area contributed by atoms with Crippen molar-refractivity contribution in [3.05, 3.63) is 35.6 Å². The van der Waals surface area contributed by atoms with Gasteiger partial charge in [0.25, 0.3) is 0 Å². The van der Waals surface area contributed by atoms with Crippen LogP contribution in [0.4, 0.5) is 0 Å². The van der Waals surface area contributed by atoms with Gasteiger partial charge in [0.2, 0.25) is 5.76 Å². The van der Waals surface area contributed by atoms with Crippen LogP contribution in [0.3, 0.4) is 0 Å². The first-order valence-corrected chi connectivity index (χ1v) is 7.11. The summed E-state index contributed by atoms with van der Waals surface area (Å²) < 4.78 is 10.8. The van der Waals surface area contributed by atoms with Crippen LogP contribution in [0, 0.1) is 0 Å². The van der Waals surface area contributed by atoms with Crippen molar-refractivity contribution in [2.75, 3.05) is 19.7 Å². The fourth-order valence-electron chi connectivity index (χ4n) is 2.29. The standard InChI is InChI=1S/C16H21NO3/c1-4-17(5-2)11-13-12-9-7-8-10-14(12)20-15(13)16(18)19-6-3/h7-10H,4-6,11H2,1-3H3. The average molecular weight is 275 g/mol. The Morgan fingerprint density at radius 2 is 1.90 bits per heavy atom. The summed E-state index contributed by atoms with van der Waals surface area (Å²) in [5, 5.41) is 0.988. The number of carbonyl (C=O) groups is 1. The van der Waals surface area contributed by atoms with Crippen LogP contribution in [0.2, 0.25) is 0 Å². The van der Waals surface area contributed by atoms with Gasteiger partial charge in [0, 0.05) is 17.5 Å². The Kier molecular flexibility index (Phi) is 4.79. The van der Waals surface area contributed by atoms with Crippen molar-refractivity contribution in [1.82, 2.24) is 4.90 Å². The van der Waals surface area contributed by atoms with Crippen LogP contribution in [-0.4, -0.2) is 30.6 Å². The van der Waals surface area contributed by atoms with Gasteiger partial charge in [-0.05, 0) is 26.1 Å². The van der Waals surface area contributed by atoms with E-state index in [2.05, 4.69) is 18.7 Å². The molecule has 1 aromatic heterocycles.